The molecule has 144 valence electrons. The number of nitriles is 1. The third kappa shape index (κ3) is 3.29. The van der Waals surface area contributed by atoms with E-state index in [9.17, 15) is 5.26 Å². The molecule has 0 spiro atoms. The summed E-state index contributed by atoms with van der Waals surface area (Å²) in [6.07, 6.45) is 7.33. The number of hydrogen-bond acceptors (Lipinski definition) is 3. The van der Waals surface area contributed by atoms with Crippen molar-refractivity contribution in [2.24, 2.45) is 16.3 Å². The summed E-state index contributed by atoms with van der Waals surface area (Å²) in [6.45, 7) is 10.1. The van der Waals surface area contributed by atoms with Crippen molar-refractivity contribution in [3.8, 4) is 6.07 Å². The first-order valence-corrected chi connectivity index (χ1v) is 10.9. The predicted octanol–water partition coefficient (Wildman–Crippen LogP) is 6.50. The van der Waals surface area contributed by atoms with E-state index in [-0.39, 0.29) is 0 Å². The molecule has 0 fully saturated rings. The number of para-hydroxylation sites is 1. The third-order valence-corrected chi connectivity index (χ3v) is 7.23. The number of fused-ring (bicyclic) bond motifs is 2. The van der Waals surface area contributed by atoms with Gasteiger partial charge < -0.3 is 4.57 Å². The van der Waals surface area contributed by atoms with Crippen molar-refractivity contribution in [1.29, 1.82) is 5.26 Å². The minimum Gasteiger partial charge on any atom is -0.347 e. The first kappa shape index (κ1) is 19.0. The minimum atomic E-state index is 0.305. The van der Waals surface area contributed by atoms with Crippen LogP contribution in [0.3, 0.4) is 0 Å². The van der Waals surface area contributed by atoms with Crippen LogP contribution in [0.15, 0.2) is 35.5 Å². The van der Waals surface area contributed by atoms with Gasteiger partial charge >= 0.3 is 0 Å². The molecule has 0 aliphatic heterocycles. The Morgan fingerprint density at radius 2 is 2.11 bits per heavy atom. The van der Waals surface area contributed by atoms with E-state index in [0.717, 1.165) is 41.9 Å². The lowest BCUT2D eigenvalue weighted by Gasteiger charge is -2.33. The fourth-order valence-electron chi connectivity index (χ4n) is 4.28. The van der Waals surface area contributed by atoms with Gasteiger partial charge in [-0.1, -0.05) is 39.0 Å². The van der Waals surface area contributed by atoms with Gasteiger partial charge in [0.25, 0.3) is 0 Å². The van der Waals surface area contributed by atoms with Gasteiger partial charge in [-0.15, -0.1) is 11.3 Å². The monoisotopic (exact) mass is 389 g/mol. The van der Waals surface area contributed by atoms with Crippen LogP contribution in [0.4, 0.5) is 5.00 Å². The third-order valence-electron chi connectivity index (χ3n) is 6.06. The van der Waals surface area contributed by atoms with Gasteiger partial charge in [-0.2, -0.15) is 5.26 Å². The Labute approximate surface area is 171 Å². The molecule has 2 heterocycles. The summed E-state index contributed by atoms with van der Waals surface area (Å²) in [4.78, 5) is 6.16. The number of benzene rings is 1. The molecule has 4 rings (SSSR count). The number of hydrogen-bond donors (Lipinski definition) is 0. The standard InChI is InChI=1S/C24H27N3S/c1-5-27-15-16(18-8-6-7-9-21(18)27)14-26-23-20(13-25)19-11-10-17(24(2,3)4)12-22(19)28-23/h6-9,14-15,17H,5,10-12H2,1-4H3/t17-/m0/s1. The summed E-state index contributed by atoms with van der Waals surface area (Å²) in [5, 5.41) is 11.9. The number of aromatic nitrogens is 1. The summed E-state index contributed by atoms with van der Waals surface area (Å²) in [5.74, 6) is 0.671. The molecular formula is C24H27N3S. The SMILES string of the molecule is CCn1cc(C=Nc2sc3c(c2C#N)CC[C@H](C(C)(C)C)C3)c2ccccc21. The Balaban J connectivity index is 1.70. The number of nitrogens with zero attached hydrogens (tertiary/aromatic N) is 3. The summed E-state index contributed by atoms with van der Waals surface area (Å²) >= 11 is 1.72. The second-order valence-electron chi connectivity index (χ2n) is 8.75. The highest BCUT2D eigenvalue weighted by Crippen LogP contribution is 2.44. The highest BCUT2D eigenvalue weighted by atomic mass is 32.1. The Bertz CT molecular complexity index is 1090. The number of aliphatic imine (C=N–C) groups is 1. The van der Waals surface area contributed by atoms with Gasteiger partial charge in [-0.3, -0.25) is 0 Å². The molecule has 4 heteroatoms. The van der Waals surface area contributed by atoms with E-state index < -0.39 is 0 Å². The number of thiophene rings is 1. The van der Waals surface area contributed by atoms with Crippen LogP contribution in [-0.2, 0) is 19.4 Å². The van der Waals surface area contributed by atoms with Crippen molar-refractivity contribution in [3.63, 3.8) is 0 Å². The largest absolute Gasteiger partial charge is 0.347 e. The van der Waals surface area contributed by atoms with Gasteiger partial charge in [-0.25, -0.2) is 4.99 Å². The average Bonchev–Trinajstić information content (AvgIpc) is 3.22. The Hall–Kier alpha value is -2.38. The Morgan fingerprint density at radius 1 is 1.32 bits per heavy atom. The van der Waals surface area contributed by atoms with E-state index in [4.69, 9.17) is 4.99 Å². The number of rotatable bonds is 3. The lowest BCUT2D eigenvalue weighted by molar-refractivity contribution is 0.218. The fourth-order valence-corrected chi connectivity index (χ4v) is 5.51. The molecule has 0 saturated heterocycles. The van der Waals surface area contributed by atoms with Gasteiger partial charge in [0.1, 0.15) is 11.1 Å². The van der Waals surface area contributed by atoms with E-state index >= 15 is 0 Å². The van der Waals surface area contributed by atoms with E-state index in [1.165, 1.54) is 21.3 Å². The molecule has 1 aliphatic carbocycles. The maximum absolute atomic E-state index is 9.78. The quantitative estimate of drug-likeness (QED) is 0.472. The van der Waals surface area contributed by atoms with Crippen LogP contribution >= 0.6 is 11.3 Å². The zero-order valence-corrected chi connectivity index (χ0v) is 17.9. The number of aryl methyl sites for hydroxylation is 1. The maximum atomic E-state index is 9.78. The lowest BCUT2D eigenvalue weighted by atomic mass is 9.72. The smallest absolute Gasteiger partial charge is 0.134 e. The van der Waals surface area contributed by atoms with Crippen LogP contribution in [0.2, 0.25) is 0 Å². The molecule has 3 aromatic rings. The summed E-state index contributed by atoms with van der Waals surface area (Å²) in [6, 6.07) is 10.9. The molecule has 0 N–H and O–H groups in total. The van der Waals surface area contributed by atoms with Gasteiger partial charge in [0, 0.05) is 40.3 Å². The maximum Gasteiger partial charge on any atom is 0.134 e. The highest BCUT2D eigenvalue weighted by Gasteiger charge is 2.32. The average molecular weight is 390 g/mol. The van der Waals surface area contributed by atoms with Crippen LogP contribution in [0.1, 0.15) is 55.7 Å². The van der Waals surface area contributed by atoms with Crippen molar-refractivity contribution >= 4 is 33.5 Å². The first-order chi connectivity index (χ1) is 13.4. The van der Waals surface area contributed by atoms with E-state index in [2.05, 4.69) is 68.8 Å². The molecule has 1 aliphatic rings. The van der Waals surface area contributed by atoms with Crippen LogP contribution in [-0.4, -0.2) is 10.8 Å². The first-order valence-electron chi connectivity index (χ1n) is 10.1. The van der Waals surface area contributed by atoms with Crippen molar-refractivity contribution in [3.05, 3.63) is 52.0 Å². The van der Waals surface area contributed by atoms with Gasteiger partial charge in [-0.05, 0) is 49.1 Å². The van der Waals surface area contributed by atoms with Crippen molar-refractivity contribution in [1.82, 2.24) is 4.57 Å². The second-order valence-corrected chi connectivity index (χ2v) is 9.83. The highest BCUT2D eigenvalue weighted by molar-refractivity contribution is 7.16. The van der Waals surface area contributed by atoms with Crippen LogP contribution in [0.25, 0.3) is 10.9 Å². The molecule has 0 saturated carbocycles. The molecule has 1 atom stereocenters. The van der Waals surface area contributed by atoms with Crippen molar-refractivity contribution in [2.45, 2.75) is 53.5 Å². The molecular weight excluding hydrogens is 362 g/mol. The van der Waals surface area contributed by atoms with Crippen molar-refractivity contribution < 1.29 is 0 Å². The summed E-state index contributed by atoms with van der Waals surface area (Å²) in [5.41, 5.74) is 4.68. The van der Waals surface area contributed by atoms with Gasteiger partial charge in [0.05, 0.1) is 5.56 Å². The second kappa shape index (κ2) is 7.22. The van der Waals surface area contributed by atoms with E-state index in [0.29, 0.717) is 11.3 Å². The molecule has 28 heavy (non-hydrogen) atoms. The topological polar surface area (TPSA) is 41.1 Å². The van der Waals surface area contributed by atoms with E-state index in [1.807, 2.05) is 6.21 Å². The minimum absolute atomic E-state index is 0.305. The Morgan fingerprint density at radius 3 is 2.82 bits per heavy atom. The zero-order chi connectivity index (χ0) is 19.9. The molecule has 1 aromatic carbocycles. The normalized spacial score (nSPS) is 17.2. The summed E-state index contributed by atoms with van der Waals surface area (Å²) < 4.78 is 2.25. The van der Waals surface area contributed by atoms with Gasteiger partial charge in [0.15, 0.2) is 0 Å². The molecule has 0 amide bonds. The molecule has 0 unspecified atom stereocenters. The van der Waals surface area contributed by atoms with E-state index in [1.54, 1.807) is 11.3 Å². The molecule has 0 bridgehead atoms. The molecule has 3 nitrogen and oxygen atoms in total. The fraction of sp³-hybridized carbons (Fsp3) is 0.417. The summed E-state index contributed by atoms with van der Waals surface area (Å²) in [7, 11) is 0. The van der Waals surface area contributed by atoms with Crippen LogP contribution < -0.4 is 0 Å². The zero-order valence-electron chi connectivity index (χ0n) is 17.1. The van der Waals surface area contributed by atoms with Crippen LogP contribution in [0.5, 0.6) is 0 Å². The predicted molar refractivity (Wildman–Crippen MR) is 119 cm³/mol. The molecule has 0 radical (unpaired) electrons. The van der Waals surface area contributed by atoms with Crippen LogP contribution in [0, 0.1) is 22.7 Å². The molecule has 2 aromatic heterocycles. The van der Waals surface area contributed by atoms with Gasteiger partial charge in [0.2, 0.25) is 0 Å². The Kier molecular flexibility index (Phi) is 4.89. The lowest BCUT2D eigenvalue weighted by Crippen LogP contribution is -2.26. The van der Waals surface area contributed by atoms with Crippen molar-refractivity contribution in [2.75, 3.05) is 0 Å².